The first-order valence-corrected chi connectivity index (χ1v) is 16.4. The van der Waals surface area contributed by atoms with Crippen LogP contribution >= 0.6 is 0 Å². The summed E-state index contributed by atoms with van der Waals surface area (Å²) in [6.07, 6.45) is 2.85. The van der Waals surface area contributed by atoms with Gasteiger partial charge in [0.05, 0.1) is 21.6 Å². The van der Waals surface area contributed by atoms with Crippen LogP contribution in [0.15, 0.2) is 65.7 Å². The number of H-pyrrole nitrogens is 1. The average Bonchev–Trinajstić information content (AvgIpc) is 3.57. The summed E-state index contributed by atoms with van der Waals surface area (Å²) in [6.45, 7) is 2.79. The maximum atomic E-state index is 13.4. The molecular formula is C29H27F3N4O6S2. The SMILES string of the molecule is CNS(=O)(=O)c1ccc2nc(-c3c[nH]c4cc(C)ccc34)n(-c3cc(OS(=O)(=O)C(F)(F)F)cc(C4CCOCC4)c3)c2c1. The molecule has 0 spiro atoms. The second-order valence-electron chi connectivity index (χ2n) is 10.5. The summed E-state index contributed by atoms with van der Waals surface area (Å²) in [7, 11) is -8.59. The Labute approximate surface area is 251 Å². The highest BCUT2D eigenvalue weighted by Gasteiger charge is 2.48. The number of benzene rings is 3. The Hall–Kier alpha value is -3.92. The molecule has 0 atom stereocenters. The minimum Gasteiger partial charge on any atom is -0.381 e. The normalized spacial score (nSPS) is 15.3. The molecule has 3 heterocycles. The van der Waals surface area contributed by atoms with Crippen molar-refractivity contribution in [3.63, 3.8) is 0 Å². The standard InChI is InChI=1S/C29H27F3N4O6S2/c1-17-3-5-23-24(16-34-26(23)11-17)28-35-25-6-4-22(43(37,38)33-2)15-27(25)36(28)20-12-19(18-7-9-41-10-8-18)13-21(14-20)42-44(39,40)29(30,31)32/h3-6,11-16,18,33-34H,7-10H2,1-2H3. The number of hydrogen-bond donors (Lipinski definition) is 2. The fraction of sp³-hybridized carbons (Fsp3) is 0.276. The summed E-state index contributed by atoms with van der Waals surface area (Å²) in [5.41, 5.74) is -1.68. The number of aromatic amines is 1. The Morgan fingerprint density at radius 2 is 1.77 bits per heavy atom. The van der Waals surface area contributed by atoms with E-state index >= 15 is 0 Å². The zero-order valence-electron chi connectivity index (χ0n) is 23.5. The highest BCUT2D eigenvalue weighted by molar-refractivity contribution is 7.89. The predicted octanol–water partition coefficient (Wildman–Crippen LogP) is 5.51. The van der Waals surface area contributed by atoms with Gasteiger partial charge in [0.1, 0.15) is 11.6 Å². The lowest BCUT2D eigenvalue weighted by Gasteiger charge is -2.24. The maximum absolute atomic E-state index is 13.4. The molecule has 15 heteroatoms. The topological polar surface area (TPSA) is 132 Å². The van der Waals surface area contributed by atoms with Crippen molar-refractivity contribution in [1.29, 1.82) is 0 Å². The number of alkyl halides is 3. The van der Waals surface area contributed by atoms with Crippen LogP contribution < -0.4 is 8.91 Å². The van der Waals surface area contributed by atoms with E-state index < -0.39 is 31.4 Å². The lowest BCUT2D eigenvalue weighted by atomic mass is 9.91. The smallest absolute Gasteiger partial charge is 0.381 e. The molecule has 0 amide bonds. The number of aromatic nitrogens is 3. The van der Waals surface area contributed by atoms with Crippen LogP contribution in [0.25, 0.3) is 39.0 Å². The molecule has 0 aliphatic carbocycles. The number of hydrogen-bond acceptors (Lipinski definition) is 7. The molecule has 3 aromatic carbocycles. The van der Waals surface area contributed by atoms with E-state index in [0.717, 1.165) is 16.5 Å². The molecule has 0 unspecified atom stereocenters. The Morgan fingerprint density at radius 1 is 1.02 bits per heavy atom. The van der Waals surface area contributed by atoms with E-state index in [-0.39, 0.29) is 16.5 Å². The Balaban J connectivity index is 1.65. The molecule has 1 aliphatic heterocycles. The van der Waals surface area contributed by atoms with Crippen molar-refractivity contribution < 1.29 is 38.9 Å². The van der Waals surface area contributed by atoms with Crippen LogP contribution in [0.2, 0.25) is 0 Å². The molecule has 0 radical (unpaired) electrons. The first-order valence-electron chi connectivity index (χ1n) is 13.6. The molecule has 1 saturated heterocycles. The minimum absolute atomic E-state index is 0.0635. The van der Waals surface area contributed by atoms with Gasteiger partial charge in [-0.3, -0.25) is 4.57 Å². The lowest BCUT2D eigenvalue weighted by molar-refractivity contribution is -0.0500. The van der Waals surface area contributed by atoms with Crippen molar-refractivity contribution >= 4 is 42.1 Å². The maximum Gasteiger partial charge on any atom is 0.534 e. The van der Waals surface area contributed by atoms with Crippen molar-refractivity contribution in [1.82, 2.24) is 19.3 Å². The van der Waals surface area contributed by atoms with Gasteiger partial charge in [-0.05, 0) is 80.3 Å². The average molecular weight is 649 g/mol. The van der Waals surface area contributed by atoms with Crippen molar-refractivity contribution in [3.8, 4) is 22.8 Å². The summed E-state index contributed by atoms with van der Waals surface area (Å²) < 4.78 is 104. The molecule has 0 saturated carbocycles. The number of rotatable bonds is 7. The van der Waals surface area contributed by atoms with Crippen molar-refractivity contribution in [2.75, 3.05) is 20.3 Å². The van der Waals surface area contributed by atoms with Crippen LogP contribution in [0.3, 0.4) is 0 Å². The highest BCUT2D eigenvalue weighted by Crippen LogP contribution is 2.38. The van der Waals surface area contributed by atoms with Crippen LogP contribution in [-0.4, -0.2) is 57.1 Å². The number of aryl methyl sites for hydroxylation is 1. The number of sulfonamides is 1. The van der Waals surface area contributed by atoms with Gasteiger partial charge in [-0.2, -0.15) is 21.6 Å². The van der Waals surface area contributed by atoms with Gasteiger partial charge >= 0.3 is 15.6 Å². The van der Waals surface area contributed by atoms with E-state index in [4.69, 9.17) is 9.72 Å². The fourth-order valence-electron chi connectivity index (χ4n) is 5.43. The third-order valence-electron chi connectivity index (χ3n) is 7.64. The summed E-state index contributed by atoms with van der Waals surface area (Å²) >= 11 is 0. The summed E-state index contributed by atoms with van der Waals surface area (Å²) in [4.78, 5) is 7.96. The second kappa shape index (κ2) is 10.9. The van der Waals surface area contributed by atoms with Crippen LogP contribution in [0.1, 0.15) is 29.9 Å². The summed E-state index contributed by atoms with van der Waals surface area (Å²) in [6, 6.07) is 14.3. The number of imidazole rings is 1. The van der Waals surface area contributed by atoms with E-state index in [9.17, 15) is 30.0 Å². The summed E-state index contributed by atoms with van der Waals surface area (Å²) in [5, 5.41) is 0.798. The van der Waals surface area contributed by atoms with Gasteiger partial charge < -0.3 is 13.9 Å². The largest absolute Gasteiger partial charge is 0.534 e. The molecule has 1 aliphatic rings. The second-order valence-corrected chi connectivity index (χ2v) is 13.9. The van der Waals surface area contributed by atoms with E-state index in [0.29, 0.717) is 54.0 Å². The Bertz CT molecular complexity index is 2120. The number of nitrogens with one attached hydrogen (secondary N) is 2. The number of nitrogens with zero attached hydrogens (tertiary/aromatic N) is 2. The van der Waals surface area contributed by atoms with Gasteiger partial charge in [-0.15, -0.1) is 0 Å². The minimum atomic E-state index is -5.98. The van der Waals surface area contributed by atoms with Gasteiger partial charge in [0.2, 0.25) is 10.0 Å². The third-order valence-corrected chi connectivity index (χ3v) is 10.0. The van der Waals surface area contributed by atoms with Gasteiger partial charge in [0, 0.05) is 41.9 Å². The molecular weight excluding hydrogens is 621 g/mol. The van der Waals surface area contributed by atoms with Gasteiger partial charge in [-0.1, -0.05) is 12.1 Å². The van der Waals surface area contributed by atoms with Gasteiger partial charge in [0.15, 0.2) is 0 Å². The Morgan fingerprint density at radius 3 is 2.48 bits per heavy atom. The molecule has 2 aromatic heterocycles. The quantitative estimate of drug-likeness (QED) is 0.176. The van der Waals surface area contributed by atoms with Gasteiger partial charge in [0.25, 0.3) is 0 Å². The number of halogens is 3. The molecule has 6 rings (SSSR count). The van der Waals surface area contributed by atoms with Crippen LogP contribution in [0.5, 0.6) is 5.75 Å². The van der Waals surface area contributed by atoms with Crippen LogP contribution in [0, 0.1) is 6.92 Å². The predicted molar refractivity (Wildman–Crippen MR) is 158 cm³/mol. The molecule has 44 heavy (non-hydrogen) atoms. The van der Waals surface area contributed by atoms with Crippen molar-refractivity contribution in [3.05, 3.63) is 71.9 Å². The third kappa shape index (κ3) is 5.44. The molecule has 5 aromatic rings. The molecule has 2 N–H and O–H groups in total. The van der Waals surface area contributed by atoms with Gasteiger partial charge in [-0.25, -0.2) is 18.1 Å². The van der Waals surface area contributed by atoms with E-state index in [1.165, 1.54) is 37.4 Å². The zero-order valence-corrected chi connectivity index (χ0v) is 25.1. The Kier molecular flexibility index (Phi) is 7.47. The number of fused-ring (bicyclic) bond motifs is 2. The summed E-state index contributed by atoms with van der Waals surface area (Å²) in [5.74, 6) is -0.347. The lowest BCUT2D eigenvalue weighted by Crippen LogP contribution is -2.28. The highest BCUT2D eigenvalue weighted by atomic mass is 32.2. The number of ether oxygens (including phenoxy) is 1. The first kappa shape index (κ1) is 30.1. The van der Waals surface area contributed by atoms with Crippen molar-refractivity contribution in [2.45, 2.75) is 36.1 Å². The van der Waals surface area contributed by atoms with E-state index in [1.54, 1.807) is 16.8 Å². The van der Waals surface area contributed by atoms with Crippen LogP contribution in [-0.2, 0) is 24.9 Å². The molecule has 10 nitrogen and oxygen atoms in total. The van der Waals surface area contributed by atoms with Crippen LogP contribution in [0.4, 0.5) is 13.2 Å². The molecule has 0 bridgehead atoms. The fourth-order valence-corrected chi connectivity index (χ4v) is 6.62. The first-order chi connectivity index (χ1) is 20.8. The monoisotopic (exact) mass is 648 g/mol. The molecule has 232 valence electrons. The van der Waals surface area contributed by atoms with E-state index in [1.807, 2.05) is 25.1 Å². The zero-order chi connectivity index (χ0) is 31.4. The van der Waals surface area contributed by atoms with E-state index in [2.05, 4.69) is 13.9 Å². The van der Waals surface area contributed by atoms with Crippen molar-refractivity contribution in [2.24, 2.45) is 0 Å². The molecule has 1 fully saturated rings.